The minimum absolute atomic E-state index is 0.793. The zero-order chi connectivity index (χ0) is 11.2. The van der Waals surface area contributed by atoms with Gasteiger partial charge in [-0.3, -0.25) is 0 Å². The molecular weight excluding hydrogens is 200 g/mol. The Hall–Kier alpha value is -0.120. The molecule has 94 valence electrons. The number of hydrogen-bond donors (Lipinski definition) is 1. The molecule has 3 nitrogen and oxygen atoms in total. The predicted molar refractivity (Wildman–Crippen MR) is 66.4 cm³/mol. The molecule has 2 aliphatic rings. The molecule has 16 heavy (non-hydrogen) atoms. The van der Waals surface area contributed by atoms with Crippen LogP contribution in [0.15, 0.2) is 0 Å². The Morgan fingerprint density at radius 3 is 2.62 bits per heavy atom. The van der Waals surface area contributed by atoms with Crippen molar-refractivity contribution in [2.45, 2.75) is 44.6 Å². The van der Waals surface area contributed by atoms with E-state index in [1.54, 1.807) is 0 Å². The van der Waals surface area contributed by atoms with E-state index in [4.69, 9.17) is 10.5 Å². The van der Waals surface area contributed by atoms with Crippen LogP contribution in [0.5, 0.6) is 0 Å². The fourth-order valence-electron chi connectivity index (χ4n) is 3.09. The molecule has 0 aromatic rings. The first kappa shape index (κ1) is 12.3. The van der Waals surface area contributed by atoms with Crippen molar-refractivity contribution in [3.63, 3.8) is 0 Å². The topological polar surface area (TPSA) is 38.5 Å². The molecule has 0 spiro atoms. The summed E-state index contributed by atoms with van der Waals surface area (Å²) in [5.41, 5.74) is 5.63. The fraction of sp³-hybridized carbons (Fsp3) is 1.00. The number of likely N-dealkylation sites (tertiary alicyclic amines) is 1. The second kappa shape index (κ2) is 6.58. The smallest absolute Gasteiger partial charge is 0.0480 e. The summed E-state index contributed by atoms with van der Waals surface area (Å²) in [4.78, 5) is 2.70. The zero-order valence-corrected chi connectivity index (χ0v) is 10.4. The van der Waals surface area contributed by atoms with Crippen LogP contribution < -0.4 is 5.73 Å². The summed E-state index contributed by atoms with van der Waals surface area (Å²) in [6.07, 6.45) is 7.75. The van der Waals surface area contributed by atoms with Gasteiger partial charge in [0.25, 0.3) is 0 Å². The van der Waals surface area contributed by atoms with Gasteiger partial charge in [0, 0.05) is 19.3 Å². The standard InChI is InChI=1S/C13H26N2O/c14-7-3-12-4-8-15(9-5-12)13-2-1-10-16-11-6-13/h12-13H,1-11,14H2. The largest absolute Gasteiger partial charge is 0.381 e. The highest BCUT2D eigenvalue weighted by atomic mass is 16.5. The van der Waals surface area contributed by atoms with Crippen molar-refractivity contribution < 1.29 is 4.74 Å². The summed E-state index contributed by atoms with van der Waals surface area (Å²) >= 11 is 0. The van der Waals surface area contributed by atoms with Gasteiger partial charge in [-0.2, -0.15) is 0 Å². The van der Waals surface area contributed by atoms with Crippen LogP contribution in [0.1, 0.15) is 38.5 Å². The normalized spacial score (nSPS) is 30.2. The maximum Gasteiger partial charge on any atom is 0.0480 e. The van der Waals surface area contributed by atoms with E-state index < -0.39 is 0 Å². The third-order valence-corrected chi connectivity index (χ3v) is 4.16. The van der Waals surface area contributed by atoms with Crippen LogP contribution in [0.4, 0.5) is 0 Å². The Labute approximate surface area is 99.3 Å². The van der Waals surface area contributed by atoms with Gasteiger partial charge < -0.3 is 15.4 Å². The molecule has 0 aromatic heterocycles. The van der Waals surface area contributed by atoms with Crippen molar-refractivity contribution in [2.75, 3.05) is 32.8 Å². The van der Waals surface area contributed by atoms with E-state index in [9.17, 15) is 0 Å². The first-order valence-corrected chi connectivity index (χ1v) is 6.92. The van der Waals surface area contributed by atoms with Crippen molar-refractivity contribution in [1.82, 2.24) is 4.90 Å². The summed E-state index contributed by atoms with van der Waals surface area (Å²) in [7, 11) is 0. The first-order chi connectivity index (χ1) is 7.90. The molecule has 2 N–H and O–H groups in total. The molecule has 2 rings (SSSR count). The quantitative estimate of drug-likeness (QED) is 0.794. The van der Waals surface area contributed by atoms with Crippen molar-refractivity contribution >= 4 is 0 Å². The van der Waals surface area contributed by atoms with Gasteiger partial charge in [0.1, 0.15) is 0 Å². The molecule has 1 unspecified atom stereocenters. The maximum absolute atomic E-state index is 5.63. The lowest BCUT2D eigenvalue weighted by atomic mass is 9.92. The molecule has 0 amide bonds. The van der Waals surface area contributed by atoms with Crippen molar-refractivity contribution in [2.24, 2.45) is 11.7 Å². The van der Waals surface area contributed by atoms with Crippen molar-refractivity contribution in [3.05, 3.63) is 0 Å². The van der Waals surface area contributed by atoms with Gasteiger partial charge in [0.05, 0.1) is 0 Å². The molecule has 0 saturated carbocycles. The Kier molecular flexibility index (Phi) is 5.07. The SMILES string of the molecule is NCCC1CCN(C2CCCOCC2)CC1. The third-order valence-electron chi connectivity index (χ3n) is 4.16. The molecule has 0 bridgehead atoms. The minimum Gasteiger partial charge on any atom is -0.381 e. The number of ether oxygens (including phenoxy) is 1. The molecule has 0 aliphatic carbocycles. The maximum atomic E-state index is 5.63. The van der Waals surface area contributed by atoms with Gasteiger partial charge in [-0.25, -0.2) is 0 Å². The Balaban J connectivity index is 1.74. The van der Waals surface area contributed by atoms with Gasteiger partial charge >= 0.3 is 0 Å². The van der Waals surface area contributed by atoms with Crippen LogP contribution in [-0.2, 0) is 4.74 Å². The second-order valence-electron chi connectivity index (χ2n) is 5.25. The van der Waals surface area contributed by atoms with Gasteiger partial charge in [0.2, 0.25) is 0 Å². The molecule has 0 aromatic carbocycles. The minimum atomic E-state index is 0.793. The van der Waals surface area contributed by atoms with Crippen molar-refractivity contribution in [1.29, 1.82) is 0 Å². The average molecular weight is 226 g/mol. The second-order valence-corrected chi connectivity index (χ2v) is 5.25. The van der Waals surface area contributed by atoms with Crippen LogP contribution >= 0.6 is 0 Å². The van der Waals surface area contributed by atoms with E-state index in [-0.39, 0.29) is 0 Å². The van der Waals surface area contributed by atoms with E-state index in [2.05, 4.69) is 4.90 Å². The van der Waals surface area contributed by atoms with Crippen LogP contribution in [0.2, 0.25) is 0 Å². The molecular formula is C13H26N2O. The Morgan fingerprint density at radius 1 is 1.06 bits per heavy atom. The van der Waals surface area contributed by atoms with E-state index in [0.717, 1.165) is 31.7 Å². The predicted octanol–water partition coefficient (Wildman–Crippen LogP) is 1.62. The van der Waals surface area contributed by atoms with E-state index in [0.29, 0.717) is 0 Å². The average Bonchev–Trinajstić information content (AvgIpc) is 2.59. The summed E-state index contributed by atoms with van der Waals surface area (Å²) in [5.74, 6) is 0.892. The number of piperidine rings is 1. The summed E-state index contributed by atoms with van der Waals surface area (Å²) < 4.78 is 5.53. The summed E-state index contributed by atoms with van der Waals surface area (Å²) in [6.45, 7) is 5.38. The van der Waals surface area contributed by atoms with E-state index in [1.165, 1.54) is 51.6 Å². The van der Waals surface area contributed by atoms with Gasteiger partial charge in [0.15, 0.2) is 0 Å². The zero-order valence-electron chi connectivity index (χ0n) is 10.4. The molecule has 2 saturated heterocycles. The highest BCUT2D eigenvalue weighted by Crippen LogP contribution is 2.24. The van der Waals surface area contributed by atoms with Gasteiger partial charge in [-0.1, -0.05) is 0 Å². The first-order valence-electron chi connectivity index (χ1n) is 6.92. The lowest BCUT2D eigenvalue weighted by Crippen LogP contribution is -2.41. The molecule has 3 heteroatoms. The molecule has 1 atom stereocenters. The lowest BCUT2D eigenvalue weighted by Gasteiger charge is -2.37. The summed E-state index contributed by atoms with van der Waals surface area (Å²) in [6, 6.07) is 0.793. The number of rotatable bonds is 3. The third kappa shape index (κ3) is 3.44. The highest BCUT2D eigenvalue weighted by molar-refractivity contribution is 4.79. The summed E-state index contributed by atoms with van der Waals surface area (Å²) in [5, 5.41) is 0. The Bertz CT molecular complexity index is 182. The van der Waals surface area contributed by atoms with Gasteiger partial charge in [-0.15, -0.1) is 0 Å². The van der Waals surface area contributed by atoms with E-state index in [1.807, 2.05) is 0 Å². The van der Waals surface area contributed by atoms with Crippen LogP contribution in [0, 0.1) is 5.92 Å². The fourth-order valence-corrected chi connectivity index (χ4v) is 3.09. The number of hydrogen-bond acceptors (Lipinski definition) is 3. The molecule has 2 aliphatic heterocycles. The van der Waals surface area contributed by atoms with Crippen LogP contribution in [0.3, 0.4) is 0 Å². The van der Waals surface area contributed by atoms with Crippen molar-refractivity contribution in [3.8, 4) is 0 Å². The molecule has 2 fully saturated rings. The van der Waals surface area contributed by atoms with E-state index >= 15 is 0 Å². The highest BCUT2D eigenvalue weighted by Gasteiger charge is 2.25. The monoisotopic (exact) mass is 226 g/mol. The molecule has 2 heterocycles. The van der Waals surface area contributed by atoms with Gasteiger partial charge in [-0.05, 0) is 64.1 Å². The Morgan fingerprint density at radius 2 is 1.88 bits per heavy atom. The van der Waals surface area contributed by atoms with Crippen LogP contribution in [0.25, 0.3) is 0 Å². The lowest BCUT2D eigenvalue weighted by molar-refractivity contribution is 0.105. The number of nitrogens with two attached hydrogens (primary N) is 1. The molecule has 0 radical (unpaired) electrons. The van der Waals surface area contributed by atoms with Crippen LogP contribution in [-0.4, -0.2) is 43.8 Å². The number of nitrogens with zero attached hydrogens (tertiary/aromatic N) is 1.